The quantitative estimate of drug-likeness (QED) is 0.839. The summed E-state index contributed by atoms with van der Waals surface area (Å²) < 4.78 is 6.89. The average Bonchev–Trinajstić information content (AvgIpc) is 3.05. The Morgan fingerprint density at radius 3 is 2.65 bits per heavy atom. The van der Waals surface area contributed by atoms with Crippen LogP contribution in [0.2, 0.25) is 0 Å². The predicted molar refractivity (Wildman–Crippen MR) is 91.9 cm³/mol. The fraction of sp³-hybridized carbons (Fsp3) is 0.444. The van der Waals surface area contributed by atoms with Crippen LogP contribution in [-0.2, 0) is 0 Å². The first-order valence-electron chi connectivity index (χ1n) is 7.97. The molecule has 0 radical (unpaired) electrons. The van der Waals surface area contributed by atoms with Crippen molar-refractivity contribution >= 4 is 6.03 Å². The Hall–Kier alpha value is -2.30. The number of benzene rings is 1. The van der Waals surface area contributed by atoms with Gasteiger partial charge in [0.15, 0.2) is 0 Å². The summed E-state index contributed by atoms with van der Waals surface area (Å²) in [7, 11) is 3.49. The molecule has 0 aliphatic rings. The molecule has 5 nitrogen and oxygen atoms in total. The summed E-state index contributed by atoms with van der Waals surface area (Å²) in [4.78, 5) is 18.7. The predicted octanol–water partition coefficient (Wildman–Crippen LogP) is 3.96. The lowest BCUT2D eigenvalue weighted by Crippen LogP contribution is -2.38. The molecule has 2 rings (SSSR count). The van der Waals surface area contributed by atoms with Crippen LogP contribution in [0.3, 0.4) is 0 Å². The van der Waals surface area contributed by atoms with Crippen molar-refractivity contribution in [2.45, 2.75) is 39.7 Å². The minimum Gasteiger partial charge on any atom is -0.496 e. The minimum atomic E-state index is -0.0588. The molecule has 0 spiro atoms. The molecule has 0 bridgehead atoms. The third kappa shape index (κ3) is 3.55. The Morgan fingerprint density at radius 1 is 1.35 bits per heavy atom. The fourth-order valence-electron chi connectivity index (χ4n) is 2.73. The zero-order valence-corrected chi connectivity index (χ0v) is 14.5. The first-order valence-corrected chi connectivity index (χ1v) is 7.97. The first-order chi connectivity index (χ1) is 11.0. The van der Waals surface area contributed by atoms with E-state index in [1.807, 2.05) is 32.2 Å². The Labute approximate surface area is 137 Å². The molecule has 0 N–H and O–H groups in total. The number of ether oxygens (including phenoxy) is 1. The van der Waals surface area contributed by atoms with Gasteiger partial charge in [0.05, 0.1) is 12.8 Å². The van der Waals surface area contributed by atoms with Gasteiger partial charge in [-0.15, -0.1) is 0 Å². The Kier molecular flexibility index (Phi) is 5.42. The van der Waals surface area contributed by atoms with Gasteiger partial charge in [-0.2, -0.15) is 0 Å². The molecule has 0 saturated carbocycles. The lowest BCUT2D eigenvalue weighted by Gasteiger charge is -2.26. The van der Waals surface area contributed by atoms with E-state index in [1.165, 1.54) is 0 Å². The van der Waals surface area contributed by atoms with Crippen LogP contribution in [0.25, 0.3) is 11.3 Å². The normalized spacial score (nSPS) is 10.9. The summed E-state index contributed by atoms with van der Waals surface area (Å²) in [6.45, 7) is 6.18. The van der Waals surface area contributed by atoms with Crippen molar-refractivity contribution in [1.29, 1.82) is 0 Å². The summed E-state index contributed by atoms with van der Waals surface area (Å²) in [5.74, 6) is 0.817. The van der Waals surface area contributed by atoms with Crippen LogP contribution in [0, 0.1) is 6.92 Å². The Balaban J connectivity index is 2.25. The van der Waals surface area contributed by atoms with Crippen LogP contribution in [0.5, 0.6) is 5.75 Å². The van der Waals surface area contributed by atoms with E-state index in [0.29, 0.717) is 0 Å². The van der Waals surface area contributed by atoms with Gasteiger partial charge in [-0.05, 0) is 31.4 Å². The molecular weight excluding hydrogens is 290 g/mol. The molecule has 1 heterocycles. The lowest BCUT2D eigenvalue weighted by molar-refractivity contribution is 0.188. The van der Waals surface area contributed by atoms with Crippen molar-refractivity contribution in [2.24, 2.45) is 0 Å². The highest BCUT2D eigenvalue weighted by molar-refractivity contribution is 5.78. The second-order valence-corrected chi connectivity index (χ2v) is 5.71. The molecule has 0 fully saturated rings. The van der Waals surface area contributed by atoms with Gasteiger partial charge in [-0.25, -0.2) is 9.78 Å². The van der Waals surface area contributed by atoms with Gasteiger partial charge < -0.3 is 9.64 Å². The zero-order valence-electron chi connectivity index (χ0n) is 14.5. The van der Waals surface area contributed by atoms with Crippen LogP contribution in [0.15, 0.2) is 30.7 Å². The standard InChI is InChI=1S/C18H25N3O2/c1-6-15(7-2)20(4)18(22)21-11-16(19-12-21)14-9-8-13(3)17(10-14)23-5/h8-12,15H,6-7H2,1-5H3. The number of carbonyl (C=O) groups is 1. The van der Waals surface area contributed by atoms with E-state index in [0.717, 1.165) is 35.4 Å². The van der Waals surface area contributed by atoms with Gasteiger partial charge in [0.2, 0.25) is 0 Å². The highest BCUT2D eigenvalue weighted by Crippen LogP contribution is 2.25. The van der Waals surface area contributed by atoms with E-state index >= 15 is 0 Å². The number of amides is 1. The molecule has 124 valence electrons. The zero-order chi connectivity index (χ0) is 17.0. The van der Waals surface area contributed by atoms with Crippen LogP contribution >= 0.6 is 0 Å². The molecule has 1 amide bonds. The minimum absolute atomic E-state index is 0.0588. The molecule has 0 saturated heterocycles. The maximum absolute atomic E-state index is 12.5. The van der Waals surface area contributed by atoms with Gasteiger partial charge in [0.1, 0.15) is 12.1 Å². The number of aryl methyl sites for hydroxylation is 1. The molecule has 5 heteroatoms. The van der Waals surface area contributed by atoms with Gasteiger partial charge in [0.25, 0.3) is 0 Å². The van der Waals surface area contributed by atoms with Crippen molar-refractivity contribution in [3.63, 3.8) is 0 Å². The molecule has 0 aliphatic heterocycles. The molecule has 0 unspecified atom stereocenters. The Morgan fingerprint density at radius 2 is 2.04 bits per heavy atom. The second-order valence-electron chi connectivity index (χ2n) is 5.71. The summed E-state index contributed by atoms with van der Waals surface area (Å²) >= 11 is 0. The van der Waals surface area contributed by atoms with E-state index in [4.69, 9.17) is 4.74 Å². The number of rotatable bonds is 5. The maximum Gasteiger partial charge on any atom is 0.329 e. The second kappa shape index (κ2) is 7.31. The maximum atomic E-state index is 12.5. The van der Waals surface area contributed by atoms with E-state index in [2.05, 4.69) is 18.8 Å². The first kappa shape index (κ1) is 17.1. The summed E-state index contributed by atoms with van der Waals surface area (Å²) in [5.41, 5.74) is 2.76. The van der Waals surface area contributed by atoms with Gasteiger partial charge in [-0.1, -0.05) is 26.0 Å². The number of imidazole rings is 1. The highest BCUT2D eigenvalue weighted by Gasteiger charge is 2.19. The van der Waals surface area contributed by atoms with Crippen molar-refractivity contribution in [1.82, 2.24) is 14.5 Å². The van der Waals surface area contributed by atoms with Gasteiger partial charge in [-0.3, -0.25) is 4.57 Å². The number of hydrogen-bond acceptors (Lipinski definition) is 3. The molecule has 1 aromatic carbocycles. The number of nitrogens with zero attached hydrogens (tertiary/aromatic N) is 3. The van der Waals surface area contributed by atoms with Crippen LogP contribution in [0.4, 0.5) is 4.79 Å². The van der Waals surface area contributed by atoms with E-state index < -0.39 is 0 Å². The topological polar surface area (TPSA) is 47.4 Å². The highest BCUT2D eigenvalue weighted by atomic mass is 16.5. The lowest BCUT2D eigenvalue weighted by atomic mass is 10.1. The number of aromatic nitrogens is 2. The van der Waals surface area contributed by atoms with Gasteiger partial charge >= 0.3 is 6.03 Å². The largest absolute Gasteiger partial charge is 0.496 e. The van der Waals surface area contributed by atoms with E-state index in [9.17, 15) is 4.79 Å². The summed E-state index contributed by atoms with van der Waals surface area (Å²) in [6.07, 6.45) is 5.22. The summed E-state index contributed by atoms with van der Waals surface area (Å²) in [5, 5.41) is 0. The molecule has 1 aromatic heterocycles. The molecule has 23 heavy (non-hydrogen) atoms. The SMILES string of the molecule is CCC(CC)N(C)C(=O)n1cnc(-c2ccc(C)c(OC)c2)c1. The van der Waals surface area contributed by atoms with Crippen molar-refractivity contribution in [3.05, 3.63) is 36.3 Å². The molecular formula is C18H25N3O2. The van der Waals surface area contributed by atoms with Crippen LogP contribution < -0.4 is 4.74 Å². The van der Waals surface area contributed by atoms with Crippen LogP contribution in [0.1, 0.15) is 32.3 Å². The summed E-state index contributed by atoms with van der Waals surface area (Å²) in [6, 6.07) is 6.10. The molecule has 0 atom stereocenters. The number of methoxy groups -OCH3 is 1. The number of carbonyl (C=O) groups excluding carboxylic acids is 1. The van der Waals surface area contributed by atoms with Crippen molar-refractivity contribution < 1.29 is 9.53 Å². The Bertz CT molecular complexity index is 675. The van der Waals surface area contributed by atoms with E-state index in [-0.39, 0.29) is 12.1 Å². The van der Waals surface area contributed by atoms with Crippen LogP contribution in [-0.4, -0.2) is 40.7 Å². The van der Waals surface area contributed by atoms with Crippen molar-refractivity contribution in [3.8, 4) is 17.0 Å². The molecule has 0 aliphatic carbocycles. The monoisotopic (exact) mass is 315 g/mol. The smallest absolute Gasteiger partial charge is 0.329 e. The third-order valence-corrected chi connectivity index (χ3v) is 4.30. The van der Waals surface area contributed by atoms with Crippen molar-refractivity contribution in [2.75, 3.05) is 14.2 Å². The van der Waals surface area contributed by atoms with Gasteiger partial charge in [0, 0.05) is 24.8 Å². The third-order valence-electron chi connectivity index (χ3n) is 4.30. The fourth-order valence-corrected chi connectivity index (χ4v) is 2.73. The average molecular weight is 315 g/mol. The van der Waals surface area contributed by atoms with E-state index in [1.54, 1.807) is 29.1 Å². The number of hydrogen-bond donors (Lipinski definition) is 0. The molecule has 2 aromatic rings.